The van der Waals surface area contributed by atoms with E-state index in [0.717, 1.165) is 19.9 Å². The number of hydrogen-bond donors (Lipinski definition) is 1. The van der Waals surface area contributed by atoms with E-state index in [1.807, 2.05) is 49.6 Å². The number of rotatable bonds is 2. The molecular formula is C18H17BrN4O2S2. The normalized spacial score (nSPS) is 21.3. The molecule has 4 rings (SSSR count). The zero-order valence-electron chi connectivity index (χ0n) is 14.7. The summed E-state index contributed by atoms with van der Waals surface area (Å²) >= 11 is 6.42. The van der Waals surface area contributed by atoms with Crippen molar-refractivity contribution in [3.63, 3.8) is 0 Å². The molecule has 0 bridgehead atoms. The fraction of sp³-hybridized carbons (Fsp3) is 0.278. The highest BCUT2D eigenvalue weighted by Gasteiger charge is 2.47. The fourth-order valence-corrected chi connectivity index (χ4v) is 5.29. The molecule has 0 saturated carbocycles. The first kappa shape index (κ1) is 18.5. The Morgan fingerprint density at radius 1 is 1.33 bits per heavy atom. The van der Waals surface area contributed by atoms with Gasteiger partial charge in [0.05, 0.1) is 14.4 Å². The zero-order valence-corrected chi connectivity index (χ0v) is 17.9. The quantitative estimate of drug-likeness (QED) is 0.727. The van der Waals surface area contributed by atoms with Crippen molar-refractivity contribution < 1.29 is 9.59 Å². The summed E-state index contributed by atoms with van der Waals surface area (Å²) in [6.07, 6.45) is 1.76. The molecule has 140 valence electrons. The van der Waals surface area contributed by atoms with Crippen molar-refractivity contribution in [2.45, 2.75) is 25.6 Å². The minimum atomic E-state index is -0.580. The van der Waals surface area contributed by atoms with E-state index in [2.05, 4.69) is 26.3 Å². The smallest absolute Gasteiger partial charge is 0.255 e. The van der Waals surface area contributed by atoms with Crippen molar-refractivity contribution in [1.29, 1.82) is 0 Å². The molecule has 1 aromatic heterocycles. The molecule has 1 N–H and O–H groups in total. The molecule has 1 aromatic carbocycles. The zero-order chi connectivity index (χ0) is 19.1. The van der Waals surface area contributed by atoms with Crippen LogP contribution in [0.3, 0.4) is 0 Å². The fourth-order valence-electron chi connectivity index (χ4n) is 3.41. The number of anilines is 1. The number of para-hydroxylation sites is 1. The van der Waals surface area contributed by atoms with Crippen LogP contribution in [0.1, 0.15) is 36.0 Å². The van der Waals surface area contributed by atoms with Crippen LogP contribution in [0.2, 0.25) is 0 Å². The van der Waals surface area contributed by atoms with E-state index in [1.165, 1.54) is 23.1 Å². The number of nitrogens with zero attached hydrogens (tertiary/aromatic N) is 3. The number of thioether (sulfide) groups is 1. The lowest BCUT2D eigenvalue weighted by atomic mass is 9.97. The van der Waals surface area contributed by atoms with Crippen molar-refractivity contribution in [2.75, 3.05) is 11.2 Å². The number of carbonyl (C=O) groups excluding carboxylic acids is 2. The Balaban J connectivity index is 1.97. The van der Waals surface area contributed by atoms with E-state index in [1.54, 1.807) is 9.91 Å². The molecule has 2 aliphatic heterocycles. The first-order valence-corrected chi connectivity index (χ1v) is 11.3. The van der Waals surface area contributed by atoms with E-state index in [4.69, 9.17) is 0 Å². The minimum absolute atomic E-state index is 0.0118. The van der Waals surface area contributed by atoms with Gasteiger partial charge in [-0.15, -0.1) is 16.4 Å². The van der Waals surface area contributed by atoms with Crippen LogP contribution < -0.4 is 10.2 Å². The van der Waals surface area contributed by atoms with Crippen LogP contribution >= 0.6 is 39.0 Å². The number of hydrogen-bond acceptors (Lipinski definition) is 6. The Bertz CT molecular complexity index is 945. The highest BCUT2D eigenvalue weighted by molar-refractivity contribution is 9.11. The molecule has 0 unspecified atom stereocenters. The van der Waals surface area contributed by atoms with Crippen LogP contribution in [-0.2, 0) is 9.59 Å². The lowest BCUT2D eigenvalue weighted by Gasteiger charge is -2.48. The summed E-state index contributed by atoms with van der Waals surface area (Å²) in [4.78, 5) is 28.6. The van der Waals surface area contributed by atoms with Crippen LogP contribution in [0.4, 0.5) is 5.69 Å². The van der Waals surface area contributed by atoms with Crippen LogP contribution in [0.15, 0.2) is 45.3 Å². The summed E-state index contributed by atoms with van der Waals surface area (Å²) < 4.78 is 0.965. The van der Waals surface area contributed by atoms with Crippen LogP contribution in [-0.4, -0.2) is 28.2 Å². The molecule has 2 aromatic rings. The van der Waals surface area contributed by atoms with E-state index >= 15 is 0 Å². The molecule has 2 aliphatic rings. The Morgan fingerprint density at radius 3 is 2.78 bits per heavy atom. The molecule has 3 heterocycles. The molecule has 0 saturated heterocycles. The maximum absolute atomic E-state index is 13.0. The third-order valence-electron chi connectivity index (χ3n) is 4.55. The summed E-state index contributed by atoms with van der Waals surface area (Å²) in [6, 6.07) is 10.9. The van der Waals surface area contributed by atoms with E-state index < -0.39 is 12.2 Å². The molecular weight excluding hydrogens is 448 g/mol. The van der Waals surface area contributed by atoms with Crippen molar-refractivity contribution in [2.24, 2.45) is 5.10 Å². The second-order valence-electron chi connectivity index (χ2n) is 6.07. The second kappa shape index (κ2) is 7.29. The van der Waals surface area contributed by atoms with Crippen molar-refractivity contribution in [3.8, 4) is 0 Å². The summed E-state index contributed by atoms with van der Waals surface area (Å²) in [5, 5.41) is 9.84. The van der Waals surface area contributed by atoms with Gasteiger partial charge >= 0.3 is 0 Å². The summed E-state index contributed by atoms with van der Waals surface area (Å²) in [5.41, 5.74) is 1.55. The van der Waals surface area contributed by atoms with Crippen molar-refractivity contribution in [3.05, 3.63) is 50.6 Å². The standard InChI is InChI=1S/C18H17BrN4O2S2/c1-3-14(24)22-11-7-5-4-6-10(11)15-16(25)20-18(26-2)21-23(15)17(22)12-8-9-13(19)27-12/h4-9,15,17H,3H2,1-2H3,(H,20,21,25)/t15-,17-/m0/s1. The molecule has 6 nitrogen and oxygen atoms in total. The van der Waals surface area contributed by atoms with Crippen molar-refractivity contribution in [1.82, 2.24) is 10.3 Å². The summed E-state index contributed by atoms with van der Waals surface area (Å²) in [7, 11) is 0. The largest absolute Gasteiger partial charge is 0.302 e. The molecule has 0 fully saturated rings. The first-order chi connectivity index (χ1) is 13.0. The third-order valence-corrected chi connectivity index (χ3v) is 6.78. The number of benzene rings is 1. The molecule has 2 amide bonds. The number of fused-ring (bicyclic) bond motifs is 3. The van der Waals surface area contributed by atoms with Gasteiger partial charge in [0.2, 0.25) is 5.91 Å². The highest BCUT2D eigenvalue weighted by Crippen LogP contribution is 2.48. The van der Waals surface area contributed by atoms with Gasteiger partial charge in [0, 0.05) is 12.0 Å². The van der Waals surface area contributed by atoms with E-state index in [9.17, 15) is 9.59 Å². The summed E-state index contributed by atoms with van der Waals surface area (Å²) in [5.74, 6) is -0.145. The van der Waals surface area contributed by atoms with Crippen LogP contribution in [0.5, 0.6) is 0 Å². The third kappa shape index (κ3) is 3.07. The predicted octanol–water partition coefficient (Wildman–Crippen LogP) is 4.07. The Kier molecular flexibility index (Phi) is 5.00. The molecule has 2 atom stereocenters. The predicted molar refractivity (Wildman–Crippen MR) is 113 cm³/mol. The SMILES string of the molecule is CCC(=O)N1c2ccccc2[C@H]2C(=O)NC(SC)=NN2[C@H]1c1ccc(Br)s1. The topological polar surface area (TPSA) is 65.0 Å². The number of nitrogens with one attached hydrogen (secondary N) is 1. The second-order valence-corrected chi connectivity index (χ2v) is 9.36. The van der Waals surface area contributed by atoms with Crippen LogP contribution in [0, 0.1) is 0 Å². The number of carbonyl (C=O) groups is 2. The monoisotopic (exact) mass is 464 g/mol. The van der Waals surface area contributed by atoms with Gasteiger partial charge in [0.15, 0.2) is 17.4 Å². The number of thiophene rings is 1. The van der Waals surface area contributed by atoms with Crippen LogP contribution in [0.25, 0.3) is 0 Å². The van der Waals surface area contributed by atoms with Gasteiger partial charge in [-0.2, -0.15) is 0 Å². The lowest BCUT2D eigenvalue weighted by Crippen LogP contribution is -2.55. The van der Waals surface area contributed by atoms with E-state index in [0.29, 0.717) is 11.6 Å². The average Bonchev–Trinajstić information content (AvgIpc) is 3.11. The lowest BCUT2D eigenvalue weighted by molar-refractivity contribution is -0.130. The van der Waals surface area contributed by atoms with Gasteiger partial charge in [-0.05, 0) is 40.4 Å². The molecule has 0 aliphatic carbocycles. The Hall–Kier alpha value is -1.84. The van der Waals surface area contributed by atoms with Gasteiger partial charge in [-0.3, -0.25) is 14.5 Å². The first-order valence-electron chi connectivity index (χ1n) is 8.43. The van der Waals surface area contributed by atoms with Gasteiger partial charge < -0.3 is 5.32 Å². The van der Waals surface area contributed by atoms with E-state index in [-0.39, 0.29) is 11.8 Å². The van der Waals surface area contributed by atoms with Crippen molar-refractivity contribution >= 4 is 61.7 Å². The molecule has 0 spiro atoms. The van der Waals surface area contributed by atoms with Gasteiger partial charge in [-0.25, -0.2) is 5.01 Å². The van der Waals surface area contributed by atoms with Gasteiger partial charge in [-0.1, -0.05) is 36.9 Å². The van der Waals surface area contributed by atoms with Gasteiger partial charge in [0.25, 0.3) is 5.91 Å². The number of halogens is 1. The number of hydrazone groups is 1. The molecule has 9 heteroatoms. The Morgan fingerprint density at radius 2 is 2.11 bits per heavy atom. The Labute approximate surface area is 173 Å². The highest BCUT2D eigenvalue weighted by atomic mass is 79.9. The molecule has 0 radical (unpaired) electrons. The minimum Gasteiger partial charge on any atom is -0.302 e. The summed E-state index contributed by atoms with van der Waals surface area (Å²) in [6.45, 7) is 1.85. The number of amides is 2. The van der Waals surface area contributed by atoms with Gasteiger partial charge in [0.1, 0.15) is 0 Å². The molecule has 27 heavy (non-hydrogen) atoms. The maximum Gasteiger partial charge on any atom is 0.255 e. The average molecular weight is 465 g/mol. The number of amidine groups is 1. The maximum atomic E-state index is 13.0.